The Morgan fingerprint density at radius 2 is 2.10 bits per heavy atom. The maximum atomic E-state index is 11.7. The lowest BCUT2D eigenvalue weighted by Crippen LogP contribution is -2.45. The lowest BCUT2D eigenvalue weighted by molar-refractivity contribution is -0.136. The number of carbonyl (C=O) groups excluding carboxylic acids is 1. The zero-order valence-corrected chi connectivity index (χ0v) is 13.6. The summed E-state index contributed by atoms with van der Waals surface area (Å²) in [6.07, 6.45) is 1.88. The number of piperidine rings is 1. The molecule has 0 radical (unpaired) electrons. The number of ether oxygens (including phenoxy) is 1. The van der Waals surface area contributed by atoms with Crippen molar-refractivity contribution in [2.24, 2.45) is 0 Å². The Balaban J connectivity index is 1.79. The van der Waals surface area contributed by atoms with Gasteiger partial charge in [0.15, 0.2) is 0 Å². The highest BCUT2D eigenvalue weighted by Crippen LogP contribution is 2.25. The fraction of sp³-hybridized carbons (Fsp3) is 0.533. The molecule has 4 nitrogen and oxygen atoms in total. The molecule has 0 unspecified atom stereocenters. The number of methoxy groups -OCH3 is 1. The molecule has 1 saturated heterocycles. The molecule has 1 amide bonds. The van der Waals surface area contributed by atoms with Crippen LogP contribution in [0.3, 0.4) is 0 Å². The van der Waals surface area contributed by atoms with E-state index in [1.54, 1.807) is 13.2 Å². The molecule has 6 heteroatoms. The average molecular weight is 331 g/mol. The second-order valence-electron chi connectivity index (χ2n) is 5.18. The second-order valence-corrected chi connectivity index (χ2v) is 5.97. The van der Waals surface area contributed by atoms with Gasteiger partial charge in [-0.25, -0.2) is 0 Å². The molecule has 1 aliphatic heterocycles. The van der Waals surface area contributed by atoms with Crippen LogP contribution in [0, 0.1) is 0 Å². The quantitative estimate of drug-likeness (QED) is 0.902. The second kappa shape index (κ2) is 7.99. The van der Waals surface area contributed by atoms with Crippen molar-refractivity contribution < 1.29 is 9.53 Å². The summed E-state index contributed by atoms with van der Waals surface area (Å²) in [5, 5.41) is 4.68. The van der Waals surface area contributed by atoms with Crippen LogP contribution in [0.4, 0.5) is 0 Å². The van der Waals surface area contributed by atoms with Gasteiger partial charge in [-0.15, -0.1) is 0 Å². The molecule has 2 rings (SSSR count). The highest BCUT2D eigenvalue weighted by molar-refractivity contribution is 6.42. The molecule has 1 heterocycles. The smallest absolute Gasteiger partial charge is 0.248 e. The number of rotatable bonds is 5. The summed E-state index contributed by atoms with van der Waals surface area (Å²) in [6, 6.07) is 6.05. The van der Waals surface area contributed by atoms with Crippen LogP contribution in [0.5, 0.6) is 0 Å². The fourth-order valence-electron chi connectivity index (χ4n) is 2.49. The number of benzene rings is 1. The predicted molar refractivity (Wildman–Crippen MR) is 84.8 cm³/mol. The van der Waals surface area contributed by atoms with Crippen LogP contribution in [-0.2, 0) is 16.1 Å². The van der Waals surface area contributed by atoms with E-state index in [1.807, 2.05) is 17.0 Å². The van der Waals surface area contributed by atoms with E-state index in [2.05, 4.69) is 5.32 Å². The largest absolute Gasteiger partial charge is 0.375 e. The number of hydrogen-bond acceptors (Lipinski definition) is 3. The van der Waals surface area contributed by atoms with E-state index in [0.717, 1.165) is 31.5 Å². The van der Waals surface area contributed by atoms with Gasteiger partial charge in [-0.2, -0.15) is 0 Å². The Bertz CT molecular complexity index is 489. The van der Waals surface area contributed by atoms with Crippen molar-refractivity contribution in [1.29, 1.82) is 0 Å². The van der Waals surface area contributed by atoms with Gasteiger partial charge in [-0.3, -0.25) is 4.79 Å². The summed E-state index contributed by atoms with van der Waals surface area (Å²) in [7, 11) is 1.54. The van der Waals surface area contributed by atoms with Crippen LogP contribution >= 0.6 is 23.2 Å². The SMILES string of the molecule is COCC(=O)N1CCC(NCc2cccc(Cl)c2Cl)CC1. The van der Waals surface area contributed by atoms with Crippen molar-refractivity contribution in [2.75, 3.05) is 26.8 Å². The van der Waals surface area contributed by atoms with Crippen molar-refractivity contribution >= 4 is 29.1 Å². The Kier molecular flexibility index (Phi) is 6.30. The topological polar surface area (TPSA) is 41.6 Å². The Morgan fingerprint density at radius 3 is 2.76 bits per heavy atom. The Morgan fingerprint density at radius 1 is 1.38 bits per heavy atom. The summed E-state index contributed by atoms with van der Waals surface area (Å²) in [5.41, 5.74) is 1.00. The molecule has 116 valence electrons. The lowest BCUT2D eigenvalue weighted by Gasteiger charge is -2.32. The van der Waals surface area contributed by atoms with E-state index in [-0.39, 0.29) is 12.5 Å². The standard InChI is InChI=1S/C15H20Cl2N2O2/c1-21-10-14(20)19-7-5-12(6-8-19)18-9-11-3-2-4-13(16)15(11)17/h2-4,12,18H,5-10H2,1H3. The lowest BCUT2D eigenvalue weighted by atomic mass is 10.0. The van der Waals surface area contributed by atoms with Gasteiger partial charge in [0.25, 0.3) is 0 Å². The van der Waals surface area contributed by atoms with Gasteiger partial charge >= 0.3 is 0 Å². The first kappa shape index (κ1) is 16.6. The first-order valence-corrected chi connectivity index (χ1v) is 7.80. The van der Waals surface area contributed by atoms with Crippen LogP contribution < -0.4 is 5.32 Å². The number of likely N-dealkylation sites (tertiary alicyclic amines) is 1. The van der Waals surface area contributed by atoms with Gasteiger partial charge in [0, 0.05) is 32.8 Å². The van der Waals surface area contributed by atoms with Gasteiger partial charge in [0.2, 0.25) is 5.91 Å². The zero-order chi connectivity index (χ0) is 15.2. The molecule has 0 aliphatic carbocycles. The van der Waals surface area contributed by atoms with Gasteiger partial charge in [-0.1, -0.05) is 35.3 Å². The molecule has 0 saturated carbocycles. The van der Waals surface area contributed by atoms with Crippen molar-refractivity contribution in [3.8, 4) is 0 Å². The molecule has 21 heavy (non-hydrogen) atoms. The minimum Gasteiger partial charge on any atom is -0.375 e. The maximum Gasteiger partial charge on any atom is 0.248 e. The van der Waals surface area contributed by atoms with Gasteiger partial charge < -0.3 is 15.0 Å². The van der Waals surface area contributed by atoms with Crippen molar-refractivity contribution in [3.63, 3.8) is 0 Å². The minimum absolute atomic E-state index is 0.0637. The van der Waals surface area contributed by atoms with Crippen LogP contribution in [0.1, 0.15) is 18.4 Å². The third-order valence-electron chi connectivity index (χ3n) is 3.73. The molecule has 1 aliphatic rings. The zero-order valence-electron chi connectivity index (χ0n) is 12.1. The molecule has 1 fully saturated rings. The first-order chi connectivity index (χ1) is 10.1. The summed E-state index contributed by atoms with van der Waals surface area (Å²) in [4.78, 5) is 13.6. The van der Waals surface area contributed by atoms with Gasteiger partial charge in [0.05, 0.1) is 10.0 Å². The van der Waals surface area contributed by atoms with Crippen LogP contribution in [0.15, 0.2) is 18.2 Å². The van der Waals surface area contributed by atoms with Crippen molar-refractivity contribution in [3.05, 3.63) is 33.8 Å². The van der Waals surface area contributed by atoms with Crippen LogP contribution in [-0.4, -0.2) is 43.7 Å². The number of hydrogen-bond donors (Lipinski definition) is 1. The third kappa shape index (κ3) is 4.58. The van der Waals surface area contributed by atoms with E-state index in [4.69, 9.17) is 27.9 Å². The Labute approximate surface area is 135 Å². The van der Waals surface area contributed by atoms with Gasteiger partial charge in [-0.05, 0) is 24.5 Å². The molecule has 1 aromatic rings. The van der Waals surface area contributed by atoms with Crippen LogP contribution in [0.2, 0.25) is 10.0 Å². The highest BCUT2D eigenvalue weighted by atomic mass is 35.5. The Hall–Kier alpha value is -0.810. The number of halogens is 2. The third-order valence-corrected chi connectivity index (χ3v) is 4.59. The molecule has 1 N–H and O–H groups in total. The summed E-state index contributed by atoms with van der Waals surface area (Å²) < 4.78 is 4.88. The molecule has 1 aromatic carbocycles. The molecule has 0 bridgehead atoms. The number of amides is 1. The fourth-order valence-corrected chi connectivity index (χ4v) is 2.87. The van der Waals surface area contributed by atoms with E-state index >= 15 is 0 Å². The summed E-state index contributed by atoms with van der Waals surface area (Å²) in [5.74, 6) is 0.0637. The van der Waals surface area contributed by atoms with E-state index < -0.39 is 0 Å². The van der Waals surface area contributed by atoms with Crippen molar-refractivity contribution in [2.45, 2.75) is 25.4 Å². The minimum atomic E-state index is 0.0637. The van der Waals surface area contributed by atoms with E-state index in [0.29, 0.717) is 22.6 Å². The monoisotopic (exact) mass is 330 g/mol. The maximum absolute atomic E-state index is 11.7. The van der Waals surface area contributed by atoms with Crippen LogP contribution in [0.25, 0.3) is 0 Å². The predicted octanol–water partition coefficient (Wildman–Crippen LogP) is 2.72. The number of carbonyl (C=O) groups is 1. The summed E-state index contributed by atoms with van der Waals surface area (Å²) >= 11 is 12.2. The molecule has 0 spiro atoms. The number of nitrogens with one attached hydrogen (secondary N) is 1. The average Bonchev–Trinajstić information content (AvgIpc) is 2.49. The normalized spacial score (nSPS) is 16.2. The van der Waals surface area contributed by atoms with E-state index in [1.165, 1.54) is 0 Å². The summed E-state index contributed by atoms with van der Waals surface area (Å²) in [6.45, 7) is 2.39. The molecule has 0 atom stereocenters. The van der Waals surface area contributed by atoms with E-state index in [9.17, 15) is 4.79 Å². The van der Waals surface area contributed by atoms with Gasteiger partial charge in [0.1, 0.15) is 6.61 Å². The highest BCUT2D eigenvalue weighted by Gasteiger charge is 2.22. The molecule has 0 aromatic heterocycles. The van der Waals surface area contributed by atoms with Crippen molar-refractivity contribution in [1.82, 2.24) is 10.2 Å². The first-order valence-electron chi connectivity index (χ1n) is 7.04. The molecular formula is C15H20Cl2N2O2. The molecular weight excluding hydrogens is 311 g/mol. The number of nitrogens with zero attached hydrogens (tertiary/aromatic N) is 1.